The van der Waals surface area contributed by atoms with Crippen molar-refractivity contribution < 1.29 is 19.2 Å². The Hall–Kier alpha value is -3.35. The van der Waals surface area contributed by atoms with Crippen molar-refractivity contribution in [1.82, 2.24) is 10.2 Å². The summed E-state index contributed by atoms with van der Waals surface area (Å²) in [6.07, 6.45) is 5.02. The Morgan fingerprint density at radius 1 is 1.34 bits per heavy atom. The van der Waals surface area contributed by atoms with Crippen LogP contribution < -0.4 is 11.1 Å². The third kappa shape index (κ3) is 11.7. The summed E-state index contributed by atoms with van der Waals surface area (Å²) in [5.41, 5.74) is 5.07. The van der Waals surface area contributed by atoms with Crippen molar-refractivity contribution in [3.8, 4) is 6.07 Å². The summed E-state index contributed by atoms with van der Waals surface area (Å²) in [7, 11) is 0. The highest BCUT2D eigenvalue weighted by molar-refractivity contribution is 5.84. The second kappa shape index (κ2) is 13.9. The van der Waals surface area contributed by atoms with Gasteiger partial charge in [-0.3, -0.25) is 14.9 Å². The van der Waals surface area contributed by atoms with E-state index in [1.54, 1.807) is 20.8 Å². The second-order valence-corrected chi connectivity index (χ2v) is 8.30. The minimum Gasteiger partial charge on any atom is -0.444 e. The zero-order valence-corrected chi connectivity index (χ0v) is 19.5. The molecule has 0 aromatic carbocycles. The van der Waals surface area contributed by atoms with Gasteiger partial charge < -0.3 is 20.7 Å². The minimum atomic E-state index is -0.644. The Bertz CT molecular complexity index is 771. The lowest BCUT2D eigenvalue weighted by Crippen LogP contribution is -2.46. The summed E-state index contributed by atoms with van der Waals surface area (Å²) in [4.78, 5) is 34.2. The number of rotatable bonds is 9. The molecule has 1 saturated heterocycles. The molecule has 0 bridgehead atoms. The number of nitrogens with zero attached hydrogens (tertiary/aromatic N) is 3. The van der Waals surface area contributed by atoms with Crippen molar-refractivity contribution >= 4 is 12.0 Å². The van der Waals surface area contributed by atoms with Crippen LogP contribution in [0.3, 0.4) is 0 Å². The van der Waals surface area contributed by atoms with Gasteiger partial charge in [-0.25, -0.2) is 4.79 Å². The predicted octanol–water partition coefficient (Wildman–Crippen LogP) is 3.39. The van der Waals surface area contributed by atoms with Crippen molar-refractivity contribution in [2.24, 2.45) is 5.73 Å². The molecular formula is C22H35N5O5. The summed E-state index contributed by atoms with van der Waals surface area (Å²) >= 11 is 0. The molecule has 178 valence electrons. The van der Waals surface area contributed by atoms with E-state index in [4.69, 9.17) is 15.7 Å². The first-order chi connectivity index (χ1) is 14.8. The number of unbranched alkanes of at least 4 members (excludes halogenated alkanes) is 1. The van der Waals surface area contributed by atoms with Crippen LogP contribution in [0.5, 0.6) is 0 Å². The number of nitriles is 1. The molecule has 0 radical (unpaired) electrons. The van der Waals surface area contributed by atoms with Crippen molar-refractivity contribution in [2.45, 2.75) is 71.4 Å². The van der Waals surface area contributed by atoms with E-state index in [0.717, 1.165) is 38.8 Å². The molecular weight excluding hydrogens is 414 g/mol. The fraction of sp³-hybridized carbons (Fsp3) is 0.591. The smallest absolute Gasteiger partial charge is 0.408 e. The zero-order valence-electron chi connectivity index (χ0n) is 19.5. The second-order valence-electron chi connectivity index (χ2n) is 8.30. The third-order valence-electron chi connectivity index (χ3n) is 4.35. The van der Waals surface area contributed by atoms with Gasteiger partial charge in [-0.2, -0.15) is 5.26 Å². The van der Waals surface area contributed by atoms with E-state index in [1.807, 2.05) is 17.9 Å². The molecule has 1 atom stereocenters. The Balaban J connectivity index is 0.000000601. The van der Waals surface area contributed by atoms with Crippen molar-refractivity contribution in [3.63, 3.8) is 0 Å². The number of allylic oxidation sites excluding steroid dienone is 2. The number of nitrogens with one attached hydrogen (secondary N) is 1. The van der Waals surface area contributed by atoms with E-state index in [2.05, 4.69) is 18.5 Å². The largest absolute Gasteiger partial charge is 0.444 e. The van der Waals surface area contributed by atoms with Crippen molar-refractivity contribution in [2.75, 3.05) is 13.1 Å². The van der Waals surface area contributed by atoms with Crippen LogP contribution >= 0.6 is 0 Å². The van der Waals surface area contributed by atoms with Gasteiger partial charge in [-0.1, -0.05) is 26.3 Å². The molecule has 2 amide bonds. The number of likely N-dealkylation sites (tertiary alicyclic amines) is 1. The molecule has 10 nitrogen and oxygen atoms in total. The fourth-order valence-corrected chi connectivity index (χ4v) is 2.70. The summed E-state index contributed by atoms with van der Waals surface area (Å²) in [6.45, 7) is 16.0. The first-order valence-corrected chi connectivity index (χ1v) is 10.5. The van der Waals surface area contributed by atoms with E-state index < -0.39 is 28.6 Å². The zero-order chi connectivity index (χ0) is 24.9. The molecule has 0 aromatic heterocycles. The molecule has 10 heteroatoms. The Morgan fingerprint density at radius 3 is 2.31 bits per heavy atom. The number of alkyl carbamates (subject to hydrolysis) is 1. The van der Waals surface area contributed by atoms with Crippen LogP contribution in [-0.2, 0) is 9.53 Å². The van der Waals surface area contributed by atoms with Crippen LogP contribution in [0.4, 0.5) is 4.79 Å². The van der Waals surface area contributed by atoms with E-state index >= 15 is 0 Å². The molecule has 0 spiro atoms. The number of hydrogen-bond donors (Lipinski definition) is 2. The number of ether oxygens (including phenoxy) is 1. The molecule has 0 aromatic rings. The minimum absolute atomic E-state index is 0.212. The average molecular weight is 450 g/mol. The van der Waals surface area contributed by atoms with E-state index in [9.17, 15) is 19.7 Å². The summed E-state index contributed by atoms with van der Waals surface area (Å²) in [5, 5.41) is 21.8. The molecule has 1 aliphatic rings. The van der Waals surface area contributed by atoms with Gasteiger partial charge in [0.15, 0.2) is 0 Å². The maximum absolute atomic E-state index is 11.4. The van der Waals surface area contributed by atoms with Gasteiger partial charge in [0, 0.05) is 24.9 Å². The lowest BCUT2D eigenvalue weighted by Gasteiger charge is -2.22. The Kier molecular flexibility index (Phi) is 12.4. The van der Waals surface area contributed by atoms with Gasteiger partial charge in [0.1, 0.15) is 17.7 Å². The van der Waals surface area contributed by atoms with E-state index in [0.29, 0.717) is 12.1 Å². The van der Waals surface area contributed by atoms with E-state index in [-0.39, 0.29) is 11.3 Å². The van der Waals surface area contributed by atoms with Crippen LogP contribution in [0.25, 0.3) is 0 Å². The van der Waals surface area contributed by atoms with Gasteiger partial charge in [0.25, 0.3) is 5.70 Å². The molecule has 3 N–H and O–H groups in total. The quantitative estimate of drug-likeness (QED) is 0.237. The summed E-state index contributed by atoms with van der Waals surface area (Å²) in [6, 6.07) is 1.28. The number of primary amides is 1. The lowest BCUT2D eigenvalue weighted by molar-refractivity contribution is -0.418. The average Bonchev–Trinajstić information content (AvgIpc) is 3.22. The highest BCUT2D eigenvalue weighted by Gasteiger charge is 2.22. The topological polar surface area (TPSA) is 152 Å². The highest BCUT2D eigenvalue weighted by atomic mass is 16.6. The highest BCUT2D eigenvalue weighted by Crippen LogP contribution is 2.20. The van der Waals surface area contributed by atoms with Crippen LogP contribution in [0, 0.1) is 21.4 Å². The number of hydrogen-bond acceptors (Lipinski definition) is 7. The molecule has 0 unspecified atom stereocenters. The Morgan fingerprint density at radius 2 is 1.91 bits per heavy atom. The normalized spacial score (nSPS) is 14.3. The lowest BCUT2D eigenvalue weighted by atomic mass is 10.1. The van der Waals surface area contributed by atoms with Gasteiger partial charge in [-0.15, -0.1) is 0 Å². The summed E-state index contributed by atoms with van der Waals surface area (Å²) in [5.74, 6) is -0.528. The van der Waals surface area contributed by atoms with Crippen molar-refractivity contribution in [3.05, 3.63) is 46.3 Å². The molecule has 1 heterocycles. The molecule has 1 rings (SSSR count). The Labute approximate surface area is 189 Å². The van der Waals surface area contributed by atoms with E-state index in [1.165, 1.54) is 6.08 Å². The number of nitrogens with two attached hydrogens (primary N) is 1. The first-order valence-electron chi connectivity index (χ1n) is 10.5. The van der Waals surface area contributed by atoms with Crippen LogP contribution in [0.1, 0.15) is 59.8 Å². The van der Waals surface area contributed by atoms with Crippen LogP contribution in [0.15, 0.2) is 36.2 Å². The first kappa shape index (κ1) is 28.6. The number of carbonyl (C=O) groups is 2. The third-order valence-corrected chi connectivity index (χ3v) is 4.35. The standard InChI is InChI=1S/C11H13N3O2.C11H22N2O3/c1-9(14(15)16)7-11(8-12)10(2)13-5-3-4-6-13;1-5-6-7-8(9(12)14)13-10(15)16-11(2,3)4/h7H,1-6H2;8H,5-7H2,1-4H3,(H2,12,14)(H,13,15)/b11-7-;/t;8-/m.0/s1. The fourth-order valence-electron chi connectivity index (χ4n) is 2.70. The van der Waals surface area contributed by atoms with Gasteiger partial charge >= 0.3 is 6.09 Å². The monoisotopic (exact) mass is 449 g/mol. The summed E-state index contributed by atoms with van der Waals surface area (Å²) < 4.78 is 5.04. The maximum atomic E-state index is 11.4. The molecule has 32 heavy (non-hydrogen) atoms. The van der Waals surface area contributed by atoms with Gasteiger partial charge in [0.2, 0.25) is 5.91 Å². The van der Waals surface area contributed by atoms with Crippen molar-refractivity contribution in [1.29, 1.82) is 5.26 Å². The molecule has 0 aliphatic carbocycles. The van der Waals surface area contributed by atoms with Gasteiger partial charge in [-0.05, 0) is 46.6 Å². The van der Waals surface area contributed by atoms with Gasteiger partial charge in [0.05, 0.1) is 10.5 Å². The number of nitro groups is 1. The van der Waals surface area contributed by atoms with Crippen LogP contribution in [0.2, 0.25) is 0 Å². The number of amides is 2. The molecule has 1 fully saturated rings. The predicted molar refractivity (Wildman–Crippen MR) is 122 cm³/mol. The maximum Gasteiger partial charge on any atom is 0.408 e. The molecule has 1 aliphatic heterocycles. The SMILES string of the molecule is C=C(/C(C#N)=C\C(=C)[N+](=O)[O-])N1CCCC1.CCCC[C@H](NC(=O)OC(C)(C)C)C(N)=O. The van der Waals surface area contributed by atoms with Crippen LogP contribution in [-0.4, -0.2) is 46.6 Å². The number of carbonyl (C=O) groups excluding carboxylic acids is 2. The molecule has 0 saturated carbocycles.